The summed E-state index contributed by atoms with van der Waals surface area (Å²) in [6.07, 6.45) is 0. The summed E-state index contributed by atoms with van der Waals surface area (Å²) in [6.45, 7) is 0. The third-order valence-electron chi connectivity index (χ3n) is 4.26. The van der Waals surface area contributed by atoms with Gasteiger partial charge in [0.05, 0.1) is 0 Å². The number of hydrogen-bond donors (Lipinski definition) is 1. The Morgan fingerprint density at radius 1 is 0.625 bits per heavy atom. The number of nitrogen functional groups attached to an aromatic ring is 1. The molecule has 0 radical (unpaired) electrons. The quantitative estimate of drug-likeness (QED) is 0.458. The van der Waals surface area contributed by atoms with Gasteiger partial charge in [-0.05, 0) is 57.3 Å². The first-order valence-corrected chi connectivity index (χ1v) is 7.86. The van der Waals surface area contributed by atoms with Crippen LogP contribution in [0, 0.1) is 5.82 Å². The van der Waals surface area contributed by atoms with Crippen LogP contribution in [0.4, 0.5) is 10.1 Å². The summed E-state index contributed by atoms with van der Waals surface area (Å²) in [5.41, 5.74) is 10.7. The first-order chi connectivity index (χ1) is 11.7. The van der Waals surface area contributed by atoms with Gasteiger partial charge in [0.2, 0.25) is 0 Å². The van der Waals surface area contributed by atoms with E-state index in [-0.39, 0.29) is 5.82 Å². The predicted octanol–water partition coefficient (Wildman–Crippen LogP) is 5.90. The van der Waals surface area contributed by atoms with E-state index in [9.17, 15) is 4.39 Å². The molecule has 0 heterocycles. The fraction of sp³-hybridized carbons (Fsp3) is 0. The van der Waals surface area contributed by atoms with Crippen LogP contribution in [0.5, 0.6) is 0 Å². The second-order valence-corrected chi connectivity index (χ2v) is 5.84. The van der Waals surface area contributed by atoms with Crippen molar-refractivity contribution in [1.29, 1.82) is 0 Å². The molecule has 0 atom stereocenters. The van der Waals surface area contributed by atoms with E-state index in [1.54, 1.807) is 12.1 Å². The zero-order chi connectivity index (χ0) is 16.5. The Hall–Kier alpha value is -3.13. The van der Waals surface area contributed by atoms with E-state index in [4.69, 9.17) is 5.73 Å². The fourth-order valence-electron chi connectivity index (χ4n) is 3.14. The molecule has 0 bridgehead atoms. The summed E-state index contributed by atoms with van der Waals surface area (Å²) in [5, 5.41) is 2.25. The molecule has 0 amide bonds. The van der Waals surface area contributed by atoms with Crippen LogP contribution in [0.2, 0.25) is 0 Å². The van der Waals surface area contributed by atoms with Crippen molar-refractivity contribution in [2.45, 2.75) is 0 Å². The molecule has 0 aromatic heterocycles. The van der Waals surface area contributed by atoms with Crippen LogP contribution in [0.25, 0.3) is 33.0 Å². The van der Waals surface area contributed by atoms with Crippen LogP contribution in [0.3, 0.4) is 0 Å². The summed E-state index contributed by atoms with van der Waals surface area (Å²) in [5.74, 6) is -0.227. The van der Waals surface area contributed by atoms with Crippen molar-refractivity contribution in [3.8, 4) is 22.3 Å². The van der Waals surface area contributed by atoms with Crippen molar-refractivity contribution in [2.75, 3.05) is 5.73 Å². The van der Waals surface area contributed by atoms with E-state index >= 15 is 0 Å². The molecule has 0 aliphatic rings. The highest BCUT2D eigenvalue weighted by molar-refractivity contribution is 6.06. The average Bonchev–Trinajstić information content (AvgIpc) is 2.61. The molecule has 0 saturated heterocycles. The van der Waals surface area contributed by atoms with Crippen molar-refractivity contribution in [2.24, 2.45) is 0 Å². The highest BCUT2D eigenvalue weighted by Crippen LogP contribution is 2.36. The Balaban J connectivity index is 2.03. The molecule has 4 aromatic rings. The number of rotatable bonds is 2. The van der Waals surface area contributed by atoms with Gasteiger partial charge in [0.1, 0.15) is 5.82 Å². The zero-order valence-corrected chi connectivity index (χ0v) is 13.0. The smallest absolute Gasteiger partial charge is 0.123 e. The van der Waals surface area contributed by atoms with Crippen LogP contribution < -0.4 is 5.73 Å². The zero-order valence-electron chi connectivity index (χ0n) is 13.0. The van der Waals surface area contributed by atoms with Gasteiger partial charge in [-0.15, -0.1) is 0 Å². The minimum absolute atomic E-state index is 0.227. The molecule has 0 aliphatic carbocycles. The summed E-state index contributed by atoms with van der Waals surface area (Å²) < 4.78 is 13.7. The molecule has 0 fully saturated rings. The Morgan fingerprint density at radius 3 is 1.92 bits per heavy atom. The van der Waals surface area contributed by atoms with Gasteiger partial charge in [0, 0.05) is 5.69 Å². The van der Waals surface area contributed by atoms with Gasteiger partial charge in [-0.25, -0.2) is 4.39 Å². The average molecular weight is 313 g/mol. The monoisotopic (exact) mass is 313 g/mol. The number of benzene rings is 4. The number of halogens is 1. The minimum atomic E-state index is -0.227. The molecule has 0 saturated carbocycles. The standard InChI is InChI=1S/C22H16FN/c23-18-7-1-6-17(14-18)21-9-3-5-16-4-2-8-20(22(16)21)15-10-12-19(24)13-11-15/h1-14H,24H2. The lowest BCUT2D eigenvalue weighted by molar-refractivity contribution is 0.628. The molecule has 4 rings (SSSR count). The second kappa shape index (κ2) is 5.82. The molecule has 24 heavy (non-hydrogen) atoms. The number of hydrogen-bond acceptors (Lipinski definition) is 1. The Labute approximate surface area is 140 Å². The van der Waals surface area contributed by atoms with E-state index in [0.717, 1.165) is 38.7 Å². The number of nitrogens with two attached hydrogens (primary N) is 1. The topological polar surface area (TPSA) is 26.0 Å². The van der Waals surface area contributed by atoms with Gasteiger partial charge in [0.25, 0.3) is 0 Å². The SMILES string of the molecule is Nc1ccc(-c2cccc3cccc(-c4cccc(F)c4)c23)cc1. The van der Waals surface area contributed by atoms with Crippen LogP contribution in [-0.4, -0.2) is 0 Å². The molecule has 2 N–H and O–H groups in total. The van der Waals surface area contributed by atoms with Crippen molar-refractivity contribution in [3.05, 3.63) is 90.7 Å². The second-order valence-electron chi connectivity index (χ2n) is 5.84. The molecular formula is C22H16FN. The minimum Gasteiger partial charge on any atom is -0.399 e. The lowest BCUT2D eigenvalue weighted by Crippen LogP contribution is -1.88. The fourth-order valence-corrected chi connectivity index (χ4v) is 3.14. The van der Waals surface area contributed by atoms with Crippen molar-refractivity contribution >= 4 is 16.5 Å². The van der Waals surface area contributed by atoms with Crippen molar-refractivity contribution in [3.63, 3.8) is 0 Å². The van der Waals surface area contributed by atoms with E-state index in [1.807, 2.05) is 48.5 Å². The highest BCUT2D eigenvalue weighted by Gasteiger charge is 2.10. The molecule has 0 unspecified atom stereocenters. The maximum atomic E-state index is 13.7. The highest BCUT2D eigenvalue weighted by atomic mass is 19.1. The molecule has 0 spiro atoms. The van der Waals surface area contributed by atoms with Crippen molar-refractivity contribution in [1.82, 2.24) is 0 Å². The largest absolute Gasteiger partial charge is 0.399 e. The first-order valence-electron chi connectivity index (χ1n) is 7.86. The van der Waals surface area contributed by atoms with Gasteiger partial charge < -0.3 is 5.73 Å². The van der Waals surface area contributed by atoms with Crippen LogP contribution in [0.15, 0.2) is 84.9 Å². The van der Waals surface area contributed by atoms with Gasteiger partial charge >= 0.3 is 0 Å². The Kier molecular flexibility index (Phi) is 3.51. The van der Waals surface area contributed by atoms with E-state index < -0.39 is 0 Å². The predicted molar refractivity (Wildman–Crippen MR) is 99.2 cm³/mol. The summed E-state index contributed by atoms with van der Waals surface area (Å²) in [6, 6.07) is 26.9. The summed E-state index contributed by atoms with van der Waals surface area (Å²) in [7, 11) is 0. The molecule has 1 nitrogen and oxygen atoms in total. The van der Waals surface area contributed by atoms with Gasteiger partial charge in [-0.1, -0.05) is 60.7 Å². The number of anilines is 1. The maximum absolute atomic E-state index is 13.7. The lowest BCUT2D eigenvalue weighted by atomic mass is 9.91. The van der Waals surface area contributed by atoms with E-state index in [0.29, 0.717) is 0 Å². The van der Waals surface area contributed by atoms with Gasteiger partial charge in [0.15, 0.2) is 0 Å². The lowest BCUT2D eigenvalue weighted by Gasteiger charge is -2.13. The third-order valence-corrected chi connectivity index (χ3v) is 4.26. The molecular weight excluding hydrogens is 297 g/mol. The Morgan fingerprint density at radius 2 is 1.25 bits per heavy atom. The van der Waals surface area contributed by atoms with Gasteiger partial charge in [-0.3, -0.25) is 0 Å². The van der Waals surface area contributed by atoms with Gasteiger partial charge in [-0.2, -0.15) is 0 Å². The van der Waals surface area contributed by atoms with Crippen LogP contribution >= 0.6 is 0 Å². The normalized spacial score (nSPS) is 10.9. The first kappa shape index (κ1) is 14.5. The maximum Gasteiger partial charge on any atom is 0.123 e. The van der Waals surface area contributed by atoms with Crippen LogP contribution in [-0.2, 0) is 0 Å². The van der Waals surface area contributed by atoms with E-state index in [1.165, 1.54) is 6.07 Å². The third kappa shape index (κ3) is 2.52. The van der Waals surface area contributed by atoms with E-state index in [2.05, 4.69) is 18.2 Å². The molecule has 2 heteroatoms. The van der Waals surface area contributed by atoms with Crippen LogP contribution in [0.1, 0.15) is 0 Å². The Bertz CT molecular complexity index is 1010. The molecule has 116 valence electrons. The summed E-state index contributed by atoms with van der Waals surface area (Å²) >= 11 is 0. The number of fused-ring (bicyclic) bond motifs is 1. The molecule has 0 aliphatic heterocycles. The molecule has 4 aromatic carbocycles. The summed E-state index contributed by atoms with van der Waals surface area (Å²) in [4.78, 5) is 0. The van der Waals surface area contributed by atoms with Crippen molar-refractivity contribution < 1.29 is 4.39 Å².